The Hall–Kier alpha value is -5.09. The van der Waals surface area contributed by atoms with Crippen LogP contribution in [0, 0.1) is 29.7 Å². The highest BCUT2D eigenvalue weighted by Crippen LogP contribution is 2.40. The number of nitrogens with one attached hydrogen (secondary N) is 2. The standard InChI is InChI=1S/C23H18N8O2/c1-12-3-2-4-14(9-12)22(32)33-15-7-5-13(6-8-15)19-17-18(26)16(10-24)20(27)30-21(17)31-23(29-19)28-11-25/h2-9,19H,1H3,(H6,26,27,28,29,30,31). The van der Waals surface area contributed by atoms with Gasteiger partial charge in [0.2, 0.25) is 5.96 Å². The van der Waals surface area contributed by atoms with Crippen LogP contribution in [-0.2, 0) is 0 Å². The number of nitrogen functional groups attached to an aromatic ring is 2. The summed E-state index contributed by atoms with van der Waals surface area (Å²) < 4.78 is 5.46. The van der Waals surface area contributed by atoms with Crippen molar-refractivity contribution in [3.05, 3.63) is 76.3 Å². The summed E-state index contributed by atoms with van der Waals surface area (Å²) in [7, 11) is 0. The molecular formula is C23H18N8O2. The lowest BCUT2D eigenvalue weighted by molar-refractivity contribution is 0.0734. The quantitative estimate of drug-likeness (QED) is 0.207. The average Bonchev–Trinajstić information content (AvgIpc) is 2.79. The molecule has 0 fully saturated rings. The van der Waals surface area contributed by atoms with Crippen LogP contribution >= 0.6 is 0 Å². The van der Waals surface area contributed by atoms with E-state index in [1.54, 1.807) is 48.7 Å². The van der Waals surface area contributed by atoms with E-state index in [2.05, 4.69) is 20.6 Å². The Bertz CT molecular complexity index is 1370. The highest BCUT2D eigenvalue weighted by atomic mass is 16.5. The van der Waals surface area contributed by atoms with Crippen LogP contribution in [0.1, 0.15) is 38.7 Å². The van der Waals surface area contributed by atoms with Crippen molar-refractivity contribution in [1.29, 1.82) is 10.5 Å². The number of hydrogen-bond donors (Lipinski definition) is 4. The van der Waals surface area contributed by atoms with Crippen LogP contribution < -0.4 is 26.8 Å². The minimum absolute atomic E-state index is 0.0309. The third-order valence-corrected chi connectivity index (χ3v) is 5.02. The van der Waals surface area contributed by atoms with E-state index in [-0.39, 0.29) is 28.8 Å². The molecule has 0 aliphatic carbocycles. The smallest absolute Gasteiger partial charge is 0.343 e. The number of carbonyl (C=O) groups is 1. The molecule has 2 aromatic carbocycles. The van der Waals surface area contributed by atoms with Crippen LogP contribution in [0.15, 0.2) is 53.5 Å². The number of pyridine rings is 1. The van der Waals surface area contributed by atoms with Crippen molar-refractivity contribution in [2.24, 2.45) is 4.99 Å². The molecule has 1 atom stereocenters. The Morgan fingerprint density at radius 1 is 1.18 bits per heavy atom. The zero-order chi connectivity index (χ0) is 23.5. The first-order valence-electron chi connectivity index (χ1n) is 9.79. The van der Waals surface area contributed by atoms with Crippen LogP contribution in [0.3, 0.4) is 0 Å². The first-order valence-corrected chi connectivity index (χ1v) is 9.79. The zero-order valence-corrected chi connectivity index (χ0v) is 17.5. The van der Waals surface area contributed by atoms with Gasteiger partial charge >= 0.3 is 5.97 Å². The van der Waals surface area contributed by atoms with Gasteiger partial charge in [0.15, 0.2) is 6.19 Å². The second kappa shape index (κ2) is 8.57. The fraction of sp³-hybridized carbons (Fsp3) is 0.0870. The van der Waals surface area contributed by atoms with Crippen molar-refractivity contribution in [3.8, 4) is 18.0 Å². The molecule has 10 heteroatoms. The molecule has 0 saturated heterocycles. The van der Waals surface area contributed by atoms with E-state index in [4.69, 9.17) is 21.5 Å². The number of nitrogens with two attached hydrogens (primary N) is 2. The molecule has 2 heterocycles. The number of anilines is 3. The van der Waals surface area contributed by atoms with Gasteiger partial charge in [-0.25, -0.2) is 14.8 Å². The molecule has 162 valence electrons. The minimum atomic E-state index is -0.682. The third kappa shape index (κ3) is 4.09. The predicted molar refractivity (Wildman–Crippen MR) is 122 cm³/mol. The van der Waals surface area contributed by atoms with E-state index >= 15 is 0 Å². The topological polar surface area (TPSA) is 175 Å². The Labute approximate surface area is 189 Å². The summed E-state index contributed by atoms with van der Waals surface area (Å²) in [5.74, 6) is 0.286. The second-order valence-electron chi connectivity index (χ2n) is 7.23. The molecule has 1 unspecified atom stereocenters. The Morgan fingerprint density at radius 2 is 1.94 bits per heavy atom. The van der Waals surface area contributed by atoms with Gasteiger partial charge in [-0.3, -0.25) is 5.32 Å². The number of benzene rings is 2. The lowest BCUT2D eigenvalue weighted by atomic mass is 9.95. The van der Waals surface area contributed by atoms with E-state index in [0.717, 1.165) is 5.56 Å². The molecule has 0 amide bonds. The number of guanidine groups is 1. The summed E-state index contributed by atoms with van der Waals surface area (Å²) in [4.78, 5) is 21.1. The Balaban J connectivity index is 1.68. The maximum absolute atomic E-state index is 12.4. The molecule has 33 heavy (non-hydrogen) atoms. The molecule has 4 rings (SSSR count). The van der Waals surface area contributed by atoms with E-state index in [0.29, 0.717) is 22.4 Å². The SMILES string of the molecule is Cc1cccc(C(=O)Oc2ccc(C3N=C(NC#N)Nc4nc(N)c(C#N)c(N)c43)cc2)c1. The number of carbonyl (C=O) groups excluding carboxylic acids is 1. The number of fused-ring (bicyclic) bond motifs is 1. The maximum atomic E-state index is 12.4. The molecule has 6 N–H and O–H groups in total. The van der Waals surface area contributed by atoms with Gasteiger partial charge in [0.1, 0.15) is 35.1 Å². The van der Waals surface area contributed by atoms with Gasteiger partial charge in [-0.1, -0.05) is 29.8 Å². The Kier molecular flexibility index (Phi) is 5.49. The lowest BCUT2D eigenvalue weighted by Crippen LogP contribution is -2.32. The van der Waals surface area contributed by atoms with Crippen molar-refractivity contribution in [3.63, 3.8) is 0 Å². The predicted octanol–water partition coefficient (Wildman–Crippen LogP) is 2.59. The van der Waals surface area contributed by atoms with Crippen LogP contribution in [0.5, 0.6) is 5.75 Å². The van der Waals surface area contributed by atoms with Crippen molar-refractivity contribution < 1.29 is 9.53 Å². The fourth-order valence-electron chi connectivity index (χ4n) is 3.48. The summed E-state index contributed by atoms with van der Waals surface area (Å²) in [6.45, 7) is 1.89. The number of nitriles is 2. The maximum Gasteiger partial charge on any atom is 0.343 e. The molecular weight excluding hydrogens is 420 g/mol. The number of nitrogens with zero attached hydrogens (tertiary/aromatic N) is 4. The van der Waals surface area contributed by atoms with Gasteiger partial charge in [0.05, 0.1) is 11.3 Å². The van der Waals surface area contributed by atoms with E-state index < -0.39 is 12.0 Å². The van der Waals surface area contributed by atoms with E-state index in [9.17, 15) is 10.1 Å². The normalized spacial score (nSPS) is 14.0. The van der Waals surface area contributed by atoms with Gasteiger partial charge < -0.3 is 21.5 Å². The molecule has 1 aliphatic rings. The van der Waals surface area contributed by atoms with Crippen molar-refractivity contribution in [1.82, 2.24) is 10.3 Å². The minimum Gasteiger partial charge on any atom is -0.423 e. The number of aliphatic imine (C=N–C) groups is 1. The molecule has 0 bridgehead atoms. The molecule has 3 aromatic rings. The highest BCUT2D eigenvalue weighted by Gasteiger charge is 2.29. The molecule has 0 radical (unpaired) electrons. The van der Waals surface area contributed by atoms with Crippen LogP contribution in [0.4, 0.5) is 17.3 Å². The monoisotopic (exact) mass is 438 g/mol. The fourth-order valence-corrected chi connectivity index (χ4v) is 3.48. The number of rotatable bonds is 3. The van der Waals surface area contributed by atoms with Crippen LogP contribution in [0.2, 0.25) is 0 Å². The van der Waals surface area contributed by atoms with E-state index in [1.165, 1.54) is 0 Å². The number of ether oxygens (including phenoxy) is 1. The summed E-state index contributed by atoms with van der Waals surface area (Å²) in [5.41, 5.74) is 14.8. The lowest BCUT2D eigenvalue weighted by Gasteiger charge is -2.26. The van der Waals surface area contributed by atoms with E-state index in [1.807, 2.05) is 19.1 Å². The summed E-state index contributed by atoms with van der Waals surface area (Å²) in [6, 6.07) is 15.1. The molecule has 0 saturated carbocycles. The number of hydrogen-bond acceptors (Lipinski definition) is 10. The van der Waals surface area contributed by atoms with Crippen LogP contribution in [-0.4, -0.2) is 16.9 Å². The van der Waals surface area contributed by atoms with Gasteiger partial charge in [-0.15, -0.1) is 0 Å². The molecule has 10 nitrogen and oxygen atoms in total. The summed E-state index contributed by atoms with van der Waals surface area (Å²) >= 11 is 0. The number of aryl methyl sites for hydroxylation is 1. The van der Waals surface area contributed by atoms with Gasteiger partial charge in [-0.2, -0.15) is 10.5 Å². The molecule has 1 aromatic heterocycles. The molecule has 0 spiro atoms. The largest absolute Gasteiger partial charge is 0.423 e. The first-order chi connectivity index (χ1) is 15.9. The number of esters is 1. The molecule has 1 aliphatic heterocycles. The average molecular weight is 438 g/mol. The van der Waals surface area contributed by atoms with Crippen molar-refractivity contribution in [2.75, 3.05) is 16.8 Å². The summed E-state index contributed by atoms with van der Waals surface area (Å²) in [5, 5.41) is 23.7. The number of aromatic nitrogens is 1. The second-order valence-corrected chi connectivity index (χ2v) is 7.23. The zero-order valence-electron chi connectivity index (χ0n) is 17.5. The Morgan fingerprint density at radius 3 is 2.61 bits per heavy atom. The van der Waals surface area contributed by atoms with Crippen molar-refractivity contribution >= 4 is 29.3 Å². The summed E-state index contributed by atoms with van der Waals surface area (Å²) in [6.07, 6.45) is 1.80. The third-order valence-electron chi connectivity index (χ3n) is 5.02. The van der Waals surface area contributed by atoms with Gasteiger partial charge in [0.25, 0.3) is 0 Å². The van der Waals surface area contributed by atoms with Gasteiger partial charge in [0, 0.05) is 5.56 Å². The first kappa shape index (κ1) is 21.2. The van der Waals surface area contributed by atoms with Gasteiger partial charge in [-0.05, 0) is 36.8 Å². The van der Waals surface area contributed by atoms with Crippen LogP contribution in [0.25, 0.3) is 0 Å². The van der Waals surface area contributed by atoms with Crippen molar-refractivity contribution in [2.45, 2.75) is 13.0 Å². The highest BCUT2D eigenvalue weighted by molar-refractivity contribution is 5.98.